The lowest BCUT2D eigenvalue weighted by Crippen LogP contribution is -2.44. The molecule has 0 atom stereocenters. The van der Waals surface area contributed by atoms with Gasteiger partial charge >= 0.3 is 18.1 Å². The van der Waals surface area contributed by atoms with Gasteiger partial charge in [0.1, 0.15) is 0 Å². The van der Waals surface area contributed by atoms with E-state index in [4.69, 9.17) is 5.11 Å². The highest BCUT2D eigenvalue weighted by Gasteiger charge is 2.44. The Balaban J connectivity index is 2.62. The van der Waals surface area contributed by atoms with Crippen LogP contribution in [0.1, 0.15) is 33.5 Å². The Labute approximate surface area is 119 Å². The maximum Gasteiger partial charge on any atom is 0.471 e. The summed E-state index contributed by atoms with van der Waals surface area (Å²) >= 11 is 0. The molecule has 7 heteroatoms. The van der Waals surface area contributed by atoms with Crippen LogP contribution >= 0.6 is 0 Å². The van der Waals surface area contributed by atoms with Gasteiger partial charge in [0.2, 0.25) is 0 Å². The normalized spacial score (nSPS) is 14.8. The molecule has 2 rings (SSSR count). The summed E-state index contributed by atoms with van der Waals surface area (Å²) in [7, 11) is 0. The molecule has 1 amide bonds. The van der Waals surface area contributed by atoms with Crippen LogP contribution in [0.5, 0.6) is 0 Å². The first-order chi connectivity index (χ1) is 9.64. The third-order valence-corrected chi connectivity index (χ3v) is 3.67. The van der Waals surface area contributed by atoms with E-state index in [1.807, 2.05) is 0 Å². The summed E-state index contributed by atoms with van der Waals surface area (Å²) in [5, 5.41) is 9.14. The van der Waals surface area contributed by atoms with E-state index in [1.165, 1.54) is 13.0 Å². The molecule has 4 nitrogen and oxygen atoms in total. The van der Waals surface area contributed by atoms with E-state index in [-0.39, 0.29) is 17.8 Å². The van der Waals surface area contributed by atoms with Crippen LogP contribution in [0.15, 0.2) is 6.07 Å². The Kier molecular flexibility index (Phi) is 3.69. The Hall–Kier alpha value is -2.05. The quantitative estimate of drug-likeness (QED) is 0.867. The monoisotopic (exact) mass is 301 g/mol. The lowest BCUT2D eigenvalue weighted by atomic mass is 9.90. The molecule has 1 aromatic rings. The molecule has 0 bridgehead atoms. The fraction of sp³-hybridized carbons (Fsp3) is 0.429. The lowest BCUT2D eigenvalue weighted by Gasteiger charge is -2.33. The maximum atomic E-state index is 12.7. The average molecular weight is 301 g/mol. The summed E-state index contributed by atoms with van der Waals surface area (Å²) in [4.78, 5) is 23.4. The van der Waals surface area contributed by atoms with Gasteiger partial charge in [0.15, 0.2) is 0 Å². The zero-order chi connectivity index (χ0) is 15.9. The number of benzene rings is 1. The van der Waals surface area contributed by atoms with Crippen molar-refractivity contribution in [3.8, 4) is 0 Å². The van der Waals surface area contributed by atoms with Crippen molar-refractivity contribution in [2.45, 2.75) is 32.9 Å². The minimum atomic E-state index is -4.94. The van der Waals surface area contributed by atoms with Crippen LogP contribution < -0.4 is 4.90 Å². The Morgan fingerprint density at radius 3 is 2.43 bits per heavy atom. The number of halogens is 3. The van der Waals surface area contributed by atoms with E-state index in [1.54, 1.807) is 6.92 Å². The van der Waals surface area contributed by atoms with Crippen LogP contribution in [0.4, 0.5) is 18.9 Å². The van der Waals surface area contributed by atoms with Crippen molar-refractivity contribution >= 4 is 17.6 Å². The van der Waals surface area contributed by atoms with E-state index in [9.17, 15) is 22.8 Å². The number of hydrogen-bond donors (Lipinski definition) is 1. The summed E-state index contributed by atoms with van der Waals surface area (Å²) < 4.78 is 38.0. The number of amides is 1. The Bertz CT molecular complexity index is 623. The predicted octanol–water partition coefficient (Wildman–Crippen LogP) is 2.84. The number of alkyl halides is 3. The molecule has 0 saturated heterocycles. The van der Waals surface area contributed by atoms with Gasteiger partial charge < -0.3 is 10.0 Å². The molecule has 1 heterocycles. The van der Waals surface area contributed by atoms with Gasteiger partial charge in [0, 0.05) is 6.54 Å². The van der Waals surface area contributed by atoms with Crippen LogP contribution in [-0.2, 0) is 11.2 Å². The van der Waals surface area contributed by atoms with Crippen LogP contribution in [0.3, 0.4) is 0 Å². The molecule has 0 fully saturated rings. The molecule has 0 unspecified atom stereocenters. The molecule has 21 heavy (non-hydrogen) atoms. The number of hydrogen-bond acceptors (Lipinski definition) is 2. The summed E-state index contributed by atoms with van der Waals surface area (Å²) in [6.07, 6.45) is -4.11. The lowest BCUT2D eigenvalue weighted by molar-refractivity contribution is -0.170. The van der Waals surface area contributed by atoms with Gasteiger partial charge in [-0.1, -0.05) is 0 Å². The highest BCUT2D eigenvalue weighted by molar-refractivity contribution is 6.00. The van der Waals surface area contributed by atoms with Gasteiger partial charge in [0.05, 0.1) is 11.3 Å². The van der Waals surface area contributed by atoms with Crippen LogP contribution in [0, 0.1) is 13.8 Å². The predicted molar refractivity (Wildman–Crippen MR) is 69.6 cm³/mol. The second-order valence-corrected chi connectivity index (χ2v) is 5.06. The smallest absolute Gasteiger partial charge is 0.471 e. The molecule has 114 valence electrons. The second kappa shape index (κ2) is 5.05. The number of aryl methyl sites for hydroxylation is 1. The number of fused-ring (bicyclic) bond motifs is 1. The van der Waals surface area contributed by atoms with Crippen molar-refractivity contribution in [2.75, 3.05) is 11.4 Å². The van der Waals surface area contributed by atoms with Gasteiger partial charge in [-0.25, -0.2) is 4.79 Å². The molecule has 1 aliphatic rings. The van der Waals surface area contributed by atoms with Crippen molar-refractivity contribution < 1.29 is 27.9 Å². The van der Waals surface area contributed by atoms with E-state index in [0.29, 0.717) is 34.4 Å². The van der Waals surface area contributed by atoms with Crippen molar-refractivity contribution in [3.63, 3.8) is 0 Å². The maximum absolute atomic E-state index is 12.7. The molecule has 0 radical (unpaired) electrons. The van der Waals surface area contributed by atoms with Gasteiger partial charge in [-0.05, 0) is 49.4 Å². The first-order valence-corrected chi connectivity index (χ1v) is 6.39. The van der Waals surface area contributed by atoms with Gasteiger partial charge in [-0.15, -0.1) is 0 Å². The molecule has 1 N–H and O–H groups in total. The van der Waals surface area contributed by atoms with E-state index in [2.05, 4.69) is 0 Å². The number of carbonyl (C=O) groups excluding carboxylic acids is 1. The van der Waals surface area contributed by atoms with Crippen LogP contribution in [0.2, 0.25) is 0 Å². The number of carboxylic acids is 1. The SMILES string of the molecule is Cc1cc(C(=O)O)c(C)c2c1N(C(=O)C(F)(F)F)CCC2. The highest BCUT2D eigenvalue weighted by Crippen LogP contribution is 2.37. The largest absolute Gasteiger partial charge is 0.478 e. The summed E-state index contributed by atoms with van der Waals surface area (Å²) in [5.41, 5.74) is 1.56. The number of rotatable bonds is 1. The summed E-state index contributed by atoms with van der Waals surface area (Å²) in [6, 6.07) is 1.32. The van der Waals surface area contributed by atoms with Crippen LogP contribution in [0.25, 0.3) is 0 Å². The standard InChI is InChI=1S/C14H14F3NO3/c1-7-6-10(12(19)20)8(2)9-4-3-5-18(11(7)9)13(21)14(15,16)17/h6H,3-5H2,1-2H3,(H,19,20). The zero-order valence-electron chi connectivity index (χ0n) is 11.5. The van der Waals surface area contributed by atoms with Crippen molar-refractivity contribution in [1.29, 1.82) is 0 Å². The molecule has 0 aromatic heterocycles. The first kappa shape index (κ1) is 15.3. The van der Waals surface area contributed by atoms with E-state index in [0.717, 1.165) is 0 Å². The highest BCUT2D eigenvalue weighted by atomic mass is 19.4. The summed E-state index contributed by atoms with van der Waals surface area (Å²) in [5.74, 6) is -3.04. The summed E-state index contributed by atoms with van der Waals surface area (Å²) in [6.45, 7) is 3.06. The molecular weight excluding hydrogens is 287 g/mol. The van der Waals surface area contributed by atoms with Gasteiger partial charge in [-0.2, -0.15) is 13.2 Å². The fourth-order valence-corrected chi connectivity index (χ4v) is 2.76. The molecule has 0 spiro atoms. The topological polar surface area (TPSA) is 57.6 Å². The van der Waals surface area contributed by atoms with Crippen molar-refractivity contribution in [3.05, 3.63) is 28.3 Å². The third-order valence-electron chi connectivity index (χ3n) is 3.67. The zero-order valence-corrected chi connectivity index (χ0v) is 11.5. The molecule has 1 aromatic carbocycles. The molecule has 0 saturated carbocycles. The molecule has 1 aliphatic heterocycles. The molecule has 0 aliphatic carbocycles. The number of aromatic carboxylic acids is 1. The number of carbonyl (C=O) groups is 2. The van der Waals surface area contributed by atoms with Crippen molar-refractivity contribution in [1.82, 2.24) is 0 Å². The van der Waals surface area contributed by atoms with Crippen LogP contribution in [-0.4, -0.2) is 29.7 Å². The van der Waals surface area contributed by atoms with Gasteiger partial charge in [-0.3, -0.25) is 4.79 Å². The number of nitrogens with zero attached hydrogens (tertiary/aromatic N) is 1. The average Bonchev–Trinajstić information content (AvgIpc) is 2.39. The minimum absolute atomic E-state index is 0.0158. The number of carboxylic acid groups (broad SMARTS) is 1. The van der Waals surface area contributed by atoms with E-state index >= 15 is 0 Å². The third kappa shape index (κ3) is 2.59. The Morgan fingerprint density at radius 2 is 1.90 bits per heavy atom. The molecular formula is C14H14F3NO3. The Morgan fingerprint density at radius 1 is 1.29 bits per heavy atom. The fourth-order valence-electron chi connectivity index (χ4n) is 2.76. The van der Waals surface area contributed by atoms with Crippen molar-refractivity contribution in [2.24, 2.45) is 0 Å². The first-order valence-electron chi connectivity index (χ1n) is 6.39. The number of anilines is 1. The second-order valence-electron chi connectivity index (χ2n) is 5.06. The minimum Gasteiger partial charge on any atom is -0.478 e. The van der Waals surface area contributed by atoms with Gasteiger partial charge in [0.25, 0.3) is 0 Å². The van der Waals surface area contributed by atoms with E-state index < -0.39 is 18.1 Å².